The van der Waals surface area contributed by atoms with Gasteiger partial charge < -0.3 is 5.73 Å². The van der Waals surface area contributed by atoms with Crippen molar-refractivity contribution in [3.05, 3.63) is 53.6 Å². The summed E-state index contributed by atoms with van der Waals surface area (Å²) in [6.45, 7) is 2.74. The Morgan fingerprint density at radius 2 is 1.67 bits per heavy atom. The predicted molar refractivity (Wildman–Crippen MR) is 87.6 cm³/mol. The molecule has 0 amide bonds. The zero-order valence-corrected chi connectivity index (χ0v) is 13.8. The molecule has 0 aromatic heterocycles. The second-order valence-corrected chi connectivity index (χ2v) is 8.14. The van der Waals surface area contributed by atoms with Gasteiger partial charge in [-0.1, -0.05) is 17.8 Å². The Balaban J connectivity index is 2.17. The number of rotatable bonds is 5. The van der Waals surface area contributed by atoms with Crippen LogP contribution in [0.2, 0.25) is 0 Å². The summed E-state index contributed by atoms with van der Waals surface area (Å²) in [5.41, 5.74) is 8.09. The first-order valence-electron chi connectivity index (χ1n) is 6.68. The smallest absolute Gasteiger partial charge is 0.175 e. The molecular weight excluding hydrogens is 302 g/mol. The third kappa shape index (κ3) is 4.33. The molecule has 0 aliphatic carbocycles. The van der Waals surface area contributed by atoms with Crippen LogP contribution in [-0.4, -0.2) is 21.2 Å². The lowest BCUT2D eigenvalue weighted by atomic mass is 10.1. The van der Waals surface area contributed by atoms with E-state index < -0.39 is 9.84 Å². The first-order valence-corrected chi connectivity index (χ1v) is 9.38. The van der Waals surface area contributed by atoms with Crippen LogP contribution in [0.3, 0.4) is 0 Å². The molecule has 21 heavy (non-hydrogen) atoms. The molecule has 2 aromatic carbocycles. The predicted octanol–water partition coefficient (Wildman–Crippen LogP) is 3.05. The highest BCUT2D eigenvalue weighted by Crippen LogP contribution is 2.29. The molecule has 0 radical (unpaired) electrons. The van der Waals surface area contributed by atoms with Crippen LogP contribution in [0.1, 0.15) is 11.1 Å². The summed E-state index contributed by atoms with van der Waals surface area (Å²) < 4.78 is 22.9. The molecule has 0 saturated heterocycles. The van der Waals surface area contributed by atoms with Gasteiger partial charge in [0, 0.05) is 16.0 Å². The highest BCUT2D eigenvalue weighted by Gasteiger charge is 2.07. The maximum absolute atomic E-state index is 11.4. The molecule has 112 valence electrons. The first kappa shape index (κ1) is 16.1. The molecule has 2 N–H and O–H groups in total. The lowest BCUT2D eigenvalue weighted by molar-refractivity contribution is 0.602. The van der Waals surface area contributed by atoms with Gasteiger partial charge in [-0.2, -0.15) is 0 Å². The molecule has 0 spiro atoms. The molecular formula is C16H19NO2S2. The number of sulfone groups is 1. The minimum absolute atomic E-state index is 0.348. The minimum Gasteiger partial charge on any atom is -0.330 e. The molecule has 0 bridgehead atoms. The summed E-state index contributed by atoms with van der Waals surface area (Å²) >= 11 is 1.62. The molecule has 0 unspecified atom stereocenters. The summed E-state index contributed by atoms with van der Waals surface area (Å²) in [5, 5.41) is 0. The van der Waals surface area contributed by atoms with Gasteiger partial charge >= 0.3 is 0 Å². The summed E-state index contributed by atoms with van der Waals surface area (Å²) in [4.78, 5) is 2.51. The summed E-state index contributed by atoms with van der Waals surface area (Å²) in [6.07, 6.45) is 2.11. The Morgan fingerprint density at radius 1 is 1.05 bits per heavy atom. The zero-order valence-electron chi connectivity index (χ0n) is 12.2. The quantitative estimate of drug-likeness (QED) is 0.919. The van der Waals surface area contributed by atoms with Crippen molar-refractivity contribution < 1.29 is 8.42 Å². The molecule has 2 rings (SSSR count). The summed E-state index contributed by atoms with van der Waals surface area (Å²) in [5.74, 6) is 0. The van der Waals surface area contributed by atoms with Crippen molar-refractivity contribution in [2.45, 2.75) is 28.0 Å². The number of nitrogens with two attached hydrogens (primary N) is 1. The molecule has 0 saturated carbocycles. The van der Waals surface area contributed by atoms with Crippen molar-refractivity contribution in [1.82, 2.24) is 0 Å². The molecule has 0 fully saturated rings. The van der Waals surface area contributed by atoms with E-state index in [1.807, 2.05) is 12.1 Å². The largest absolute Gasteiger partial charge is 0.330 e. The molecule has 2 aromatic rings. The van der Waals surface area contributed by atoms with Crippen molar-refractivity contribution in [1.29, 1.82) is 0 Å². The van der Waals surface area contributed by atoms with Crippen LogP contribution in [0.25, 0.3) is 0 Å². The van der Waals surface area contributed by atoms with Gasteiger partial charge in [0.25, 0.3) is 0 Å². The average Bonchev–Trinajstić information content (AvgIpc) is 2.42. The van der Waals surface area contributed by atoms with Gasteiger partial charge in [-0.15, -0.1) is 0 Å². The van der Waals surface area contributed by atoms with Crippen molar-refractivity contribution >= 4 is 21.6 Å². The lowest BCUT2D eigenvalue weighted by Crippen LogP contribution is -2.03. The first-order chi connectivity index (χ1) is 9.90. The highest BCUT2D eigenvalue weighted by atomic mass is 32.2. The molecule has 0 heterocycles. The lowest BCUT2D eigenvalue weighted by Gasteiger charge is -2.08. The van der Waals surface area contributed by atoms with E-state index in [1.165, 1.54) is 17.4 Å². The van der Waals surface area contributed by atoms with E-state index in [1.54, 1.807) is 23.9 Å². The number of benzene rings is 2. The van der Waals surface area contributed by atoms with E-state index >= 15 is 0 Å². The van der Waals surface area contributed by atoms with Gasteiger partial charge in [0.15, 0.2) is 9.84 Å². The standard InChI is InChI=1S/C16H19NO2S2/c1-12-11-15(4-3-13(12)9-10-17)20-14-5-7-16(8-6-14)21(2,18)19/h3-8,11H,9-10,17H2,1-2H3. The topological polar surface area (TPSA) is 60.2 Å². The number of aryl methyl sites for hydroxylation is 1. The van der Waals surface area contributed by atoms with E-state index in [0.717, 1.165) is 16.2 Å². The van der Waals surface area contributed by atoms with E-state index in [2.05, 4.69) is 25.1 Å². The van der Waals surface area contributed by atoms with E-state index in [-0.39, 0.29) is 0 Å². The molecule has 0 atom stereocenters. The number of hydrogen-bond acceptors (Lipinski definition) is 4. The van der Waals surface area contributed by atoms with Gasteiger partial charge in [-0.25, -0.2) is 8.42 Å². The second kappa shape index (κ2) is 6.64. The van der Waals surface area contributed by atoms with Crippen LogP contribution in [-0.2, 0) is 16.3 Å². The van der Waals surface area contributed by atoms with Gasteiger partial charge in [0.1, 0.15) is 0 Å². The Kier molecular flexibility index (Phi) is 5.08. The van der Waals surface area contributed by atoms with E-state index in [0.29, 0.717) is 11.4 Å². The van der Waals surface area contributed by atoms with Crippen molar-refractivity contribution in [3.8, 4) is 0 Å². The van der Waals surface area contributed by atoms with Crippen LogP contribution in [0, 0.1) is 6.92 Å². The third-order valence-corrected chi connectivity index (χ3v) is 5.34. The van der Waals surface area contributed by atoms with Gasteiger partial charge in [-0.05, 0) is 67.4 Å². The fourth-order valence-electron chi connectivity index (χ4n) is 2.06. The monoisotopic (exact) mass is 321 g/mol. The van der Waals surface area contributed by atoms with Crippen LogP contribution in [0.15, 0.2) is 57.2 Å². The fraction of sp³-hybridized carbons (Fsp3) is 0.250. The van der Waals surface area contributed by atoms with E-state index in [4.69, 9.17) is 5.73 Å². The van der Waals surface area contributed by atoms with Crippen LogP contribution in [0.5, 0.6) is 0 Å². The van der Waals surface area contributed by atoms with Crippen LogP contribution >= 0.6 is 11.8 Å². The normalized spacial score (nSPS) is 11.6. The maximum atomic E-state index is 11.4. The van der Waals surface area contributed by atoms with Crippen molar-refractivity contribution in [3.63, 3.8) is 0 Å². The minimum atomic E-state index is -3.13. The highest BCUT2D eigenvalue weighted by molar-refractivity contribution is 7.99. The molecule has 0 aliphatic heterocycles. The maximum Gasteiger partial charge on any atom is 0.175 e. The molecule has 3 nitrogen and oxygen atoms in total. The van der Waals surface area contributed by atoms with Gasteiger partial charge in [0.2, 0.25) is 0 Å². The Morgan fingerprint density at radius 3 is 2.19 bits per heavy atom. The van der Waals surface area contributed by atoms with E-state index in [9.17, 15) is 8.42 Å². The SMILES string of the molecule is Cc1cc(Sc2ccc(S(C)(=O)=O)cc2)ccc1CCN. The Labute approximate surface area is 130 Å². The molecule has 5 heteroatoms. The van der Waals surface area contributed by atoms with Crippen molar-refractivity contribution in [2.24, 2.45) is 5.73 Å². The average molecular weight is 321 g/mol. The zero-order chi connectivity index (χ0) is 15.5. The van der Waals surface area contributed by atoms with Gasteiger partial charge in [-0.3, -0.25) is 0 Å². The van der Waals surface area contributed by atoms with Crippen molar-refractivity contribution in [2.75, 3.05) is 12.8 Å². The summed E-state index contributed by atoms with van der Waals surface area (Å²) in [6, 6.07) is 13.3. The van der Waals surface area contributed by atoms with Gasteiger partial charge in [0.05, 0.1) is 4.90 Å². The Hall–Kier alpha value is -1.30. The second-order valence-electron chi connectivity index (χ2n) is 4.97. The molecule has 0 aliphatic rings. The fourth-order valence-corrected chi connectivity index (χ4v) is 3.61. The number of hydrogen-bond donors (Lipinski definition) is 1. The summed E-state index contributed by atoms with van der Waals surface area (Å²) in [7, 11) is -3.13. The van der Waals surface area contributed by atoms with Crippen LogP contribution < -0.4 is 5.73 Å². The third-order valence-electron chi connectivity index (χ3n) is 3.22. The Bertz CT molecular complexity index is 722. The van der Waals surface area contributed by atoms with Crippen LogP contribution in [0.4, 0.5) is 0 Å².